The third kappa shape index (κ3) is 6.07. The van der Waals surface area contributed by atoms with E-state index in [0.717, 1.165) is 0 Å². The summed E-state index contributed by atoms with van der Waals surface area (Å²) in [6.45, 7) is 0. The van der Waals surface area contributed by atoms with Crippen molar-refractivity contribution in [1.29, 1.82) is 0 Å². The largest absolute Gasteiger partial charge is 0.741 e. The van der Waals surface area contributed by atoms with Gasteiger partial charge in [0.15, 0.2) is 19.9 Å². The summed E-state index contributed by atoms with van der Waals surface area (Å²) in [7, 11) is -8.48. The lowest BCUT2D eigenvalue weighted by molar-refractivity contribution is -0.239. The van der Waals surface area contributed by atoms with Crippen LogP contribution in [-0.2, 0) is 21.0 Å². The smallest absolute Gasteiger partial charge is 0.517 e. The summed E-state index contributed by atoms with van der Waals surface area (Å²) in [4.78, 5) is -0.0814. The van der Waals surface area contributed by atoms with E-state index in [1.165, 1.54) is 48.5 Å². The Balaban J connectivity index is 0.000000416. The number of hydrogen-bond donors (Lipinski definition) is 0. The normalized spacial score (nSPS) is 13.1. The Hall–Kier alpha value is -1.86. The van der Waals surface area contributed by atoms with Gasteiger partial charge in [0, 0.05) is 0 Å². The van der Waals surface area contributed by atoms with E-state index in [1.54, 1.807) is 12.1 Å². The quantitative estimate of drug-likeness (QED) is 0.286. The van der Waals surface area contributed by atoms with Gasteiger partial charge in [-0.25, -0.2) is 8.42 Å². The molecular weight excluding hydrogens is 444 g/mol. The Morgan fingerprint density at radius 2 is 0.964 bits per heavy atom. The minimum Gasteiger partial charge on any atom is -0.741 e. The molecule has 0 bridgehead atoms. The number of alkyl halides is 8. The predicted molar refractivity (Wildman–Crippen MR) is 83.5 cm³/mol. The van der Waals surface area contributed by atoms with E-state index >= 15 is 0 Å². The molecule has 0 spiro atoms. The molecule has 0 N–H and O–H groups in total. The molecule has 28 heavy (non-hydrogen) atoms. The van der Waals surface area contributed by atoms with Crippen LogP contribution in [0.1, 0.15) is 0 Å². The maximum absolute atomic E-state index is 13.9. The summed E-state index contributed by atoms with van der Waals surface area (Å²) in [5.74, 6) is 0. The molecule has 2 aromatic rings. The summed E-state index contributed by atoms with van der Waals surface area (Å²) >= 11 is 0. The van der Waals surface area contributed by atoms with Crippen LogP contribution in [0.2, 0.25) is 0 Å². The lowest BCUT2D eigenvalue weighted by Crippen LogP contribution is -2.44. The summed E-state index contributed by atoms with van der Waals surface area (Å²) in [6.07, 6.45) is -5.60. The second-order valence-electron chi connectivity index (χ2n) is 4.85. The van der Waals surface area contributed by atoms with Gasteiger partial charge in [0.05, 0.1) is 0 Å². The van der Waals surface area contributed by atoms with Crippen molar-refractivity contribution < 1.29 is 48.1 Å². The van der Waals surface area contributed by atoms with Gasteiger partial charge in [0.1, 0.15) is 10.9 Å². The first kappa shape index (κ1) is 24.2. The van der Waals surface area contributed by atoms with Crippen molar-refractivity contribution in [1.82, 2.24) is 0 Å². The second kappa shape index (κ2) is 8.66. The molecule has 13 heteroatoms. The highest BCUT2D eigenvalue weighted by atomic mass is 32.2. The maximum atomic E-state index is 13.9. The van der Waals surface area contributed by atoms with Gasteiger partial charge in [-0.1, -0.05) is 36.4 Å². The van der Waals surface area contributed by atoms with E-state index in [1.807, 2.05) is 0 Å². The molecule has 0 radical (unpaired) electrons. The average Bonchev–Trinajstić information content (AvgIpc) is 2.54. The fraction of sp³-hybridized carbons (Fsp3) is 0.200. The lowest BCUT2D eigenvalue weighted by atomic mass is 10.4. The van der Waals surface area contributed by atoms with Crippen LogP contribution < -0.4 is 0 Å². The van der Waals surface area contributed by atoms with Gasteiger partial charge in [0.25, 0.3) is 0 Å². The minimum atomic E-state index is -6.09. The zero-order chi connectivity index (χ0) is 21.8. The Kier molecular flexibility index (Phi) is 7.47. The number of benzene rings is 2. The summed E-state index contributed by atoms with van der Waals surface area (Å²) in [6, 6.07) is 14.1. The third-order valence-electron chi connectivity index (χ3n) is 2.83. The minimum absolute atomic E-state index is 0.0407. The van der Waals surface area contributed by atoms with Crippen molar-refractivity contribution in [2.45, 2.75) is 26.7 Å². The highest BCUT2D eigenvalue weighted by Crippen LogP contribution is 2.47. The molecule has 0 heterocycles. The molecule has 0 saturated heterocycles. The molecule has 2 rings (SSSR count). The summed E-state index contributed by atoms with van der Waals surface area (Å²) < 4.78 is 125. The zero-order valence-corrected chi connectivity index (χ0v) is 15.0. The molecular formula is C15H10F8O3S2. The van der Waals surface area contributed by atoms with Crippen molar-refractivity contribution in [3.8, 4) is 0 Å². The highest BCUT2D eigenvalue weighted by Gasteiger charge is 2.72. The fourth-order valence-corrected chi connectivity index (χ4v) is 3.62. The Bertz CT molecular complexity index is 811. The van der Waals surface area contributed by atoms with Gasteiger partial charge in [-0.2, -0.15) is 26.3 Å². The molecule has 156 valence electrons. The van der Waals surface area contributed by atoms with Crippen molar-refractivity contribution in [2.75, 3.05) is 0 Å². The van der Waals surface area contributed by atoms with Crippen LogP contribution in [0.15, 0.2) is 70.5 Å². The molecule has 0 aliphatic carbocycles. The highest BCUT2D eigenvalue weighted by molar-refractivity contribution is 7.98. The maximum Gasteiger partial charge on any atom is 0.517 e. The molecule has 0 aliphatic rings. The zero-order valence-electron chi connectivity index (χ0n) is 13.3. The van der Waals surface area contributed by atoms with Gasteiger partial charge in [-0.05, 0) is 24.3 Å². The first-order valence-electron chi connectivity index (χ1n) is 6.90. The summed E-state index contributed by atoms with van der Waals surface area (Å²) in [5.41, 5.74) is -5.65. The van der Waals surface area contributed by atoms with Crippen molar-refractivity contribution in [2.24, 2.45) is 0 Å². The first-order chi connectivity index (χ1) is 12.6. The van der Waals surface area contributed by atoms with E-state index in [9.17, 15) is 35.1 Å². The van der Waals surface area contributed by atoms with Crippen LogP contribution in [0, 0.1) is 0 Å². The Morgan fingerprint density at radius 3 is 1.18 bits per heavy atom. The first-order valence-corrected chi connectivity index (χ1v) is 9.53. The van der Waals surface area contributed by atoms with Crippen molar-refractivity contribution >= 4 is 21.0 Å². The molecule has 0 amide bonds. The number of halogens is 8. The summed E-state index contributed by atoms with van der Waals surface area (Å²) in [5, 5.41) is -4.81. The van der Waals surface area contributed by atoms with Crippen LogP contribution in [0.25, 0.3) is 0 Å². The molecule has 0 aliphatic heterocycles. The fourth-order valence-electron chi connectivity index (χ4n) is 1.66. The van der Waals surface area contributed by atoms with Crippen LogP contribution in [-0.4, -0.2) is 29.9 Å². The lowest BCUT2D eigenvalue weighted by Gasteiger charge is -2.19. The number of rotatable bonds is 3. The van der Waals surface area contributed by atoms with Crippen molar-refractivity contribution in [3.63, 3.8) is 0 Å². The average molecular weight is 454 g/mol. The van der Waals surface area contributed by atoms with E-state index in [0.29, 0.717) is 0 Å². The topological polar surface area (TPSA) is 57.2 Å². The van der Waals surface area contributed by atoms with Gasteiger partial charge >= 0.3 is 16.9 Å². The van der Waals surface area contributed by atoms with Crippen LogP contribution >= 0.6 is 0 Å². The van der Waals surface area contributed by atoms with Crippen LogP contribution in [0.4, 0.5) is 35.1 Å². The monoisotopic (exact) mass is 454 g/mol. The van der Waals surface area contributed by atoms with E-state index in [-0.39, 0.29) is 9.79 Å². The molecule has 0 atom stereocenters. The molecule has 0 unspecified atom stereocenters. The molecule has 0 fully saturated rings. The van der Waals surface area contributed by atoms with Crippen LogP contribution in [0.5, 0.6) is 0 Å². The standard InChI is InChI=1S/C14H10F5S.CHF3O3S/c15-13(16,17)14(18,19)20(11-7-3-1-4-8-11)12-9-5-2-6-10-12;2-1(3,4)8(5,6)7/h1-10H;(H,5,6,7)/q+1;/p-1. The Labute approximate surface area is 157 Å². The van der Waals surface area contributed by atoms with E-state index < -0.39 is 38.0 Å². The van der Waals surface area contributed by atoms with E-state index in [4.69, 9.17) is 13.0 Å². The third-order valence-corrected chi connectivity index (χ3v) is 5.63. The van der Waals surface area contributed by atoms with Gasteiger partial charge in [0.2, 0.25) is 0 Å². The predicted octanol–water partition coefficient (Wildman–Crippen LogP) is 4.93. The Morgan fingerprint density at radius 1 is 0.679 bits per heavy atom. The van der Waals surface area contributed by atoms with Crippen LogP contribution in [0.3, 0.4) is 0 Å². The molecule has 0 aromatic heterocycles. The molecule has 2 aromatic carbocycles. The second-order valence-corrected chi connectivity index (χ2v) is 8.29. The molecule has 0 saturated carbocycles. The van der Waals surface area contributed by atoms with Gasteiger partial charge in [-0.3, -0.25) is 0 Å². The van der Waals surface area contributed by atoms with E-state index in [2.05, 4.69) is 0 Å². The molecule has 3 nitrogen and oxygen atoms in total. The van der Waals surface area contributed by atoms with Crippen molar-refractivity contribution in [3.05, 3.63) is 60.7 Å². The SMILES string of the molecule is FC(F)(F)C(F)(F)[S+](c1ccccc1)c1ccccc1.O=S(=O)([O-])C(F)(F)F. The number of hydrogen-bond acceptors (Lipinski definition) is 3. The van der Waals surface area contributed by atoms with Gasteiger partial charge in [-0.15, -0.1) is 8.78 Å². The van der Waals surface area contributed by atoms with Gasteiger partial charge < -0.3 is 4.55 Å².